The van der Waals surface area contributed by atoms with E-state index in [0.717, 1.165) is 3.57 Å². The van der Waals surface area contributed by atoms with Gasteiger partial charge in [0, 0.05) is 3.57 Å². The number of carbonyl (C=O) groups excluding carboxylic acids is 1. The average molecular weight is 308 g/mol. The summed E-state index contributed by atoms with van der Waals surface area (Å²) < 4.78 is 19.0. The van der Waals surface area contributed by atoms with E-state index in [1.165, 1.54) is 6.07 Å². The Labute approximate surface area is 95.6 Å². The van der Waals surface area contributed by atoms with Crippen LogP contribution < -0.4 is 0 Å². The van der Waals surface area contributed by atoms with E-state index in [-0.39, 0.29) is 12.2 Å². The van der Waals surface area contributed by atoms with Crippen LogP contribution in [0.3, 0.4) is 0 Å². The molecule has 76 valence electrons. The van der Waals surface area contributed by atoms with E-state index < -0.39 is 11.8 Å². The van der Waals surface area contributed by atoms with Crippen LogP contribution in [-0.4, -0.2) is 12.6 Å². The molecule has 0 aromatic heterocycles. The largest absolute Gasteiger partial charge is 0.462 e. The smallest absolute Gasteiger partial charge is 0.341 e. The summed E-state index contributed by atoms with van der Waals surface area (Å²) in [6.45, 7) is 3.57. The van der Waals surface area contributed by atoms with Crippen LogP contribution in [0.1, 0.15) is 22.8 Å². The van der Waals surface area contributed by atoms with Gasteiger partial charge in [-0.2, -0.15) is 0 Å². The highest BCUT2D eigenvalue weighted by atomic mass is 127. The predicted octanol–water partition coefficient (Wildman–Crippen LogP) is 2.92. The second kappa shape index (κ2) is 4.72. The van der Waals surface area contributed by atoms with Crippen molar-refractivity contribution < 1.29 is 13.9 Å². The molecule has 1 rings (SSSR count). The molecule has 0 heterocycles. The van der Waals surface area contributed by atoms with Gasteiger partial charge in [-0.1, -0.05) is 0 Å². The summed E-state index contributed by atoms with van der Waals surface area (Å²) in [5, 5.41) is 0. The molecule has 0 aliphatic heterocycles. The Morgan fingerprint density at radius 2 is 2.21 bits per heavy atom. The van der Waals surface area contributed by atoms with Crippen LogP contribution in [0.25, 0.3) is 0 Å². The number of ether oxygens (including phenoxy) is 1. The zero-order chi connectivity index (χ0) is 10.7. The molecule has 14 heavy (non-hydrogen) atoms. The van der Waals surface area contributed by atoms with Crippen molar-refractivity contribution in [1.29, 1.82) is 0 Å². The third-order valence-corrected chi connectivity index (χ3v) is 2.34. The molecular formula is C10H10FIO2. The van der Waals surface area contributed by atoms with Crippen LogP contribution in [-0.2, 0) is 4.74 Å². The molecule has 0 fully saturated rings. The molecule has 0 aliphatic carbocycles. The number of hydrogen-bond acceptors (Lipinski definition) is 2. The summed E-state index contributed by atoms with van der Waals surface area (Å²) in [5.41, 5.74) is 0.469. The van der Waals surface area contributed by atoms with Gasteiger partial charge in [-0.3, -0.25) is 0 Å². The fourth-order valence-corrected chi connectivity index (χ4v) is 1.86. The SMILES string of the molecule is CCOC(=O)c1cc(I)cc(C)c1F. The Morgan fingerprint density at radius 3 is 2.79 bits per heavy atom. The number of aryl methyl sites for hydroxylation is 1. The van der Waals surface area contributed by atoms with Crippen molar-refractivity contribution >= 4 is 28.6 Å². The highest BCUT2D eigenvalue weighted by Crippen LogP contribution is 2.17. The lowest BCUT2D eigenvalue weighted by molar-refractivity contribution is 0.0520. The number of carbonyl (C=O) groups is 1. The fourth-order valence-electron chi connectivity index (χ4n) is 1.08. The van der Waals surface area contributed by atoms with Crippen LogP contribution in [0.15, 0.2) is 12.1 Å². The molecule has 0 aliphatic rings. The van der Waals surface area contributed by atoms with E-state index in [2.05, 4.69) is 0 Å². The predicted molar refractivity (Wildman–Crippen MR) is 59.8 cm³/mol. The minimum Gasteiger partial charge on any atom is -0.462 e. The van der Waals surface area contributed by atoms with Crippen molar-refractivity contribution in [3.63, 3.8) is 0 Å². The quantitative estimate of drug-likeness (QED) is 0.620. The summed E-state index contributed by atoms with van der Waals surface area (Å²) in [6.07, 6.45) is 0. The molecule has 0 radical (unpaired) electrons. The first-order valence-electron chi connectivity index (χ1n) is 4.19. The van der Waals surface area contributed by atoms with Crippen molar-refractivity contribution in [2.75, 3.05) is 6.61 Å². The van der Waals surface area contributed by atoms with Gasteiger partial charge in [0.05, 0.1) is 12.2 Å². The maximum Gasteiger partial charge on any atom is 0.341 e. The number of benzene rings is 1. The Morgan fingerprint density at radius 1 is 1.57 bits per heavy atom. The van der Waals surface area contributed by atoms with Crippen LogP contribution >= 0.6 is 22.6 Å². The maximum absolute atomic E-state index is 13.5. The zero-order valence-electron chi connectivity index (χ0n) is 7.93. The highest BCUT2D eigenvalue weighted by Gasteiger charge is 2.15. The van der Waals surface area contributed by atoms with Crippen molar-refractivity contribution in [2.45, 2.75) is 13.8 Å². The molecule has 4 heteroatoms. The van der Waals surface area contributed by atoms with Gasteiger partial charge in [0.1, 0.15) is 5.82 Å². The van der Waals surface area contributed by atoms with Crippen LogP contribution in [0.5, 0.6) is 0 Å². The summed E-state index contributed by atoms with van der Waals surface area (Å²) in [4.78, 5) is 11.3. The van der Waals surface area contributed by atoms with Crippen LogP contribution in [0.2, 0.25) is 0 Å². The number of halogens is 2. The molecule has 0 saturated carbocycles. The van der Waals surface area contributed by atoms with Crippen molar-refractivity contribution in [1.82, 2.24) is 0 Å². The topological polar surface area (TPSA) is 26.3 Å². The first-order chi connectivity index (χ1) is 6.56. The molecule has 1 aromatic rings. The average Bonchev–Trinajstić information content (AvgIpc) is 2.11. The lowest BCUT2D eigenvalue weighted by Gasteiger charge is -2.05. The number of rotatable bonds is 2. The highest BCUT2D eigenvalue weighted by molar-refractivity contribution is 14.1. The number of hydrogen-bond donors (Lipinski definition) is 0. The van der Waals surface area contributed by atoms with Crippen molar-refractivity contribution in [3.8, 4) is 0 Å². The molecule has 0 saturated heterocycles. The van der Waals surface area contributed by atoms with E-state index in [4.69, 9.17) is 4.74 Å². The minimum atomic E-state index is -0.605. The van der Waals surface area contributed by atoms with Gasteiger partial charge < -0.3 is 4.74 Å². The summed E-state index contributed by atoms with van der Waals surface area (Å²) in [5.74, 6) is -1.10. The fraction of sp³-hybridized carbons (Fsp3) is 0.300. The van der Waals surface area contributed by atoms with E-state index in [0.29, 0.717) is 5.56 Å². The second-order valence-corrected chi connectivity index (χ2v) is 4.05. The van der Waals surface area contributed by atoms with E-state index in [9.17, 15) is 9.18 Å². The van der Waals surface area contributed by atoms with E-state index in [1.54, 1.807) is 19.9 Å². The molecule has 0 bridgehead atoms. The molecule has 0 N–H and O–H groups in total. The lowest BCUT2D eigenvalue weighted by Crippen LogP contribution is -2.08. The van der Waals surface area contributed by atoms with E-state index >= 15 is 0 Å². The standard InChI is InChI=1S/C10H10FIO2/c1-3-14-10(13)8-5-7(12)4-6(2)9(8)11/h4-5H,3H2,1-2H3. The molecule has 1 aromatic carbocycles. The minimum absolute atomic E-state index is 0.0104. The molecule has 0 amide bonds. The van der Waals surface area contributed by atoms with Crippen LogP contribution in [0.4, 0.5) is 4.39 Å². The summed E-state index contributed by atoms with van der Waals surface area (Å²) >= 11 is 2.04. The van der Waals surface area contributed by atoms with Gasteiger partial charge in [-0.05, 0) is 54.1 Å². The van der Waals surface area contributed by atoms with Gasteiger partial charge in [0.15, 0.2) is 0 Å². The number of esters is 1. The second-order valence-electron chi connectivity index (χ2n) is 2.80. The van der Waals surface area contributed by atoms with Gasteiger partial charge >= 0.3 is 5.97 Å². The monoisotopic (exact) mass is 308 g/mol. The Bertz CT molecular complexity index is 363. The molecular weight excluding hydrogens is 298 g/mol. The van der Waals surface area contributed by atoms with Crippen molar-refractivity contribution in [3.05, 3.63) is 32.6 Å². The molecule has 2 nitrogen and oxygen atoms in total. The van der Waals surface area contributed by atoms with Gasteiger partial charge in [0.25, 0.3) is 0 Å². The molecule has 0 spiro atoms. The normalized spacial score (nSPS) is 10.0. The lowest BCUT2D eigenvalue weighted by atomic mass is 10.1. The molecule has 0 unspecified atom stereocenters. The Hall–Kier alpha value is -0.650. The first kappa shape index (κ1) is 11.4. The van der Waals surface area contributed by atoms with Crippen molar-refractivity contribution in [2.24, 2.45) is 0 Å². The van der Waals surface area contributed by atoms with Gasteiger partial charge in [-0.15, -0.1) is 0 Å². The summed E-state index contributed by atoms with van der Waals surface area (Å²) in [6, 6.07) is 3.17. The Kier molecular flexibility index (Phi) is 3.86. The molecule has 0 atom stereocenters. The van der Waals surface area contributed by atoms with Crippen LogP contribution in [0, 0.1) is 16.3 Å². The Balaban J connectivity index is 3.13. The zero-order valence-corrected chi connectivity index (χ0v) is 10.1. The summed E-state index contributed by atoms with van der Waals surface area (Å²) in [7, 11) is 0. The van der Waals surface area contributed by atoms with Gasteiger partial charge in [0.2, 0.25) is 0 Å². The first-order valence-corrected chi connectivity index (χ1v) is 5.27. The third kappa shape index (κ3) is 2.43. The third-order valence-electron chi connectivity index (χ3n) is 1.71. The van der Waals surface area contributed by atoms with E-state index in [1.807, 2.05) is 22.6 Å². The van der Waals surface area contributed by atoms with Gasteiger partial charge in [-0.25, -0.2) is 9.18 Å². The maximum atomic E-state index is 13.5.